The molecule has 0 radical (unpaired) electrons. The fraction of sp³-hybridized carbons (Fsp3) is 0.130. The van der Waals surface area contributed by atoms with Crippen molar-refractivity contribution in [2.45, 2.75) is 19.0 Å². The summed E-state index contributed by atoms with van der Waals surface area (Å²) in [6, 6.07) is 14.2. The minimum atomic E-state index is -3.03. The van der Waals surface area contributed by atoms with E-state index in [0.717, 1.165) is 6.20 Å². The fourth-order valence-corrected chi connectivity index (χ4v) is 3.39. The zero-order chi connectivity index (χ0) is 24.2. The molecule has 0 fully saturated rings. The summed E-state index contributed by atoms with van der Waals surface area (Å²) in [6.07, 6.45) is 2.14. The van der Waals surface area contributed by atoms with Gasteiger partial charge in [-0.1, -0.05) is 42.5 Å². The smallest absolute Gasteiger partial charge is 0.333 e. The van der Waals surface area contributed by atoms with E-state index in [1.54, 1.807) is 54.6 Å². The molecule has 2 amide bonds. The number of ketones is 1. The van der Waals surface area contributed by atoms with Crippen LogP contribution in [0.1, 0.15) is 22.5 Å². The van der Waals surface area contributed by atoms with E-state index in [2.05, 4.69) is 20.4 Å². The summed E-state index contributed by atoms with van der Waals surface area (Å²) in [5, 5.41) is 6.23. The van der Waals surface area contributed by atoms with Crippen molar-refractivity contribution in [3.8, 4) is 11.4 Å². The molecule has 9 nitrogen and oxygen atoms in total. The summed E-state index contributed by atoms with van der Waals surface area (Å²) in [6.45, 7) is -3.03. The summed E-state index contributed by atoms with van der Waals surface area (Å²) in [7, 11) is 0. The molecule has 4 rings (SSSR count). The Morgan fingerprint density at radius 1 is 1.00 bits per heavy atom. The number of fused-ring (bicyclic) bond motifs is 1. The van der Waals surface area contributed by atoms with Crippen LogP contribution in [-0.2, 0) is 16.0 Å². The van der Waals surface area contributed by atoms with Gasteiger partial charge in [0, 0.05) is 12.6 Å². The highest BCUT2D eigenvalue weighted by atomic mass is 19.3. The Labute approximate surface area is 191 Å². The van der Waals surface area contributed by atoms with E-state index in [0.29, 0.717) is 21.3 Å². The van der Waals surface area contributed by atoms with Gasteiger partial charge in [0.15, 0.2) is 0 Å². The molecule has 2 heterocycles. The van der Waals surface area contributed by atoms with Crippen molar-refractivity contribution < 1.29 is 23.2 Å². The first-order chi connectivity index (χ1) is 16.3. The molecule has 3 N–H and O–H groups in total. The maximum Gasteiger partial charge on any atom is 0.333 e. The molecule has 0 aliphatic carbocycles. The Morgan fingerprint density at radius 3 is 2.35 bits per heavy atom. The largest absolute Gasteiger partial charge is 0.363 e. The van der Waals surface area contributed by atoms with Crippen molar-refractivity contribution in [1.29, 1.82) is 0 Å². The molecule has 0 bridgehead atoms. The predicted octanol–water partition coefficient (Wildman–Crippen LogP) is 2.28. The van der Waals surface area contributed by atoms with E-state index >= 15 is 0 Å². The highest BCUT2D eigenvalue weighted by molar-refractivity contribution is 6.38. The Kier molecular flexibility index (Phi) is 6.35. The average molecular weight is 464 g/mol. The topological polar surface area (TPSA) is 133 Å². The van der Waals surface area contributed by atoms with Gasteiger partial charge < -0.3 is 11.1 Å². The maximum absolute atomic E-state index is 13.4. The fourth-order valence-electron chi connectivity index (χ4n) is 3.39. The number of aromatic nitrogens is 4. The molecular weight excluding hydrogens is 446 g/mol. The number of amides is 2. The van der Waals surface area contributed by atoms with Gasteiger partial charge in [0.05, 0.1) is 22.8 Å². The first-order valence-electron chi connectivity index (χ1n) is 10.1. The number of rotatable bonds is 8. The zero-order valence-corrected chi connectivity index (χ0v) is 17.6. The Bertz CT molecular complexity index is 1370. The molecule has 0 saturated heterocycles. The van der Waals surface area contributed by atoms with Crippen molar-refractivity contribution in [3.05, 3.63) is 78.1 Å². The molecule has 0 aliphatic heterocycles. The number of nitrogens with two attached hydrogens (primary N) is 1. The minimum absolute atomic E-state index is 0.0253. The standard InChI is InChI=1S/C23H18F2N6O3/c24-23(25)31-12-14(19(30-31)18-11-27-15-8-4-5-9-16(15)28-18)22(34)29-17(20(32)21(26)33)10-13-6-2-1-3-7-13/h1-9,11-12,17,23H,10H2,(H2,26,33)(H,29,34). The second kappa shape index (κ2) is 9.53. The van der Waals surface area contributed by atoms with Crippen LogP contribution in [0.25, 0.3) is 22.4 Å². The Morgan fingerprint density at radius 2 is 1.68 bits per heavy atom. The van der Waals surface area contributed by atoms with Gasteiger partial charge in [0.2, 0.25) is 5.78 Å². The lowest BCUT2D eigenvalue weighted by molar-refractivity contribution is -0.137. The number of Topliss-reactive ketones (excluding diaryl/α,β-unsaturated/α-hetero) is 1. The number of nitrogens with zero attached hydrogens (tertiary/aromatic N) is 4. The number of halogens is 2. The molecule has 0 aliphatic rings. The second-order valence-corrected chi connectivity index (χ2v) is 7.34. The van der Waals surface area contributed by atoms with Gasteiger partial charge in [-0.05, 0) is 17.7 Å². The van der Waals surface area contributed by atoms with Crippen LogP contribution in [-0.4, -0.2) is 43.4 Å². The quantitative estimate of drug-likeness (QED) is 0.385. The molecular formula is C23H18F2N6O3. The number of alkyl halides is 2. The van der Waals surface area contributed by atoms with Gasteiger partial charge >= 0.3 is 6.55 Å². The van der Waals surface area contributed by atoms with Crippen LogP contribution in [0.4, 0.5) is 8.78 Å². The summed E-state index contributed by atoms with van der Waals surface area (Å²) < 4.78 is 27.1. The molecule has 0 saturated carbocycles. The second-order valence-electron chi connectivity index (χ2n) is 7.34. The summed E-state index contributed by atoms with van der Waals surface area (Å²) in [5.41, 5.74) is 6.52. The lowest BCUT2D eigenvalue weighted by Gasteiger charge is -2.16. The Hall–Kier alpha value is -4.54. The Balaban J connectivity index is 1.70. The van der Waals surface area contributed by atoms with E-state index in [9.17, 15) is 23.2 Å². The zero-order valence-electron chi connectivity index (χ0n) is 17.6. The van der Waals surface area contributed by atoms with Crippen LogP contribution >= 0.6 is 0 Å². The molecule has 34 heavy (non-hydrogen) atoms. The number of primary amides is 1. The molecule has 4 aromatic rings. The average Bonchev–Trinajstić information content (AvgIpc) is 3.29. The van der Waals surface area contributed by atoms with Gasteiger partial charge in [-0.15, -0.1) is 0 Å². The summed E-state index contributed by atoms with van der Waals surface area (Å²) >= 11 is 0. The third-order valence-electron chi connectivity index (χ3n) is 5.02. The number of para-hydroxylation sites is 2. The van der Waals surface area contributed by atoms with Crippen molar-refractivity contribution in [3.63, 3.8) is 0 Å². The van der Waals surface area contributed by atoms with E-state index < -0.39 is 30.2 Å². The van der Waals surface area contributed by atoms with Gasteiger partial charge in [0.1, 0.15) is 17.4 Å². The molecule has 0 spiro atoms. The number of hydrogen-bond donors (Lipinski definition) is 2. The predicted molar refractivity (Wildman–Crippen MR) is 118 cm³/mol. The minimum Gasteiger partial charge on any atom is -0.363 e. The summed E-state index contributed by atoms with van der Waals surface area (Å²) in [5.74, 6) is -3.15. The highest BCUT2D eigenvalue weighted by Gasteiger charge is 2.29. The van der Waals surface area contributed by atoms with Crippen LogP contribution in [0, 0.1) is 0 Å². The monoisotopic (exact) mass is 464 g/mol. The molecule has 2 aromatic heterocycles. The van der Waals surface area contributed by atoms with E-state index in [1.807, 2.05) is 0 Å². The lowest BCUT2D eigenvalue weighted by Crippen LogP contribution is -2.47. The van der Waals surface area contributed by atoms with Crippen molar-refractivity contribution >= 4 is 28.6 Å². The normalized spacial score (nSPS) is 12.0. The number of carbonyl (C=O) groups is 3. The van der Waals surface area contributed by atoms with Crippen molar-refractivity contribution in [2.24, 2.45) is 5.73 Å². The SMILES string of the molecule is NC(=O)C(=O)C(Cc1ccccc1)NC(=O)c1cn(C(F)F)nc1-c1cnc2ccccc2n1. The molecule has 2 aromatic carbocycles. The number of nitrogens with one attached hydrogen (secondary N) is 1. The van der Waals surface area contributed by atoms with Gasteiger partial charge in [0.25, 0.3) is 11.8 Å². The molecule has 172 valence electrons. The lowest BCUT2D eigenvalue weighted by atomic mass is 10.0. The molecule has 1 unspecified atom stereocenters. The molecule has 11 heteroatoms. The van der Waals surface area contributed by atoms with Crippen molar-refractivity contribution in [2.75, 3.05) is 0 Å². The van der Waals surface area contributed by atoms with E-state index in [4.69, 9.17) is 5.73 Å². The van der Waals surface area contributed by atoms with Crippen LogP contribution in [0.5, 0.6) is 0 Å². The third kappa shape index (κ3) is 4.77. The molecule has 1 atom stereocenters. The third-order valence-corrected chi connectivity index (χ3v) is 5.02. The van der Waals surface area contributed by atoms with E-state index in [-0.39, 0.29) is 23.4 Å². The number of carbonyl (C=O) groups excluding carboxylic acids is 3. The maximum atomic E-state index is 13.4. The van der Waals surface area contributed by atoms with Crippen LogP contribution in [0.3, 0.4) is 0 Å². The van der Waals surface area contributed by atoms with Gasteiger partial charge in [-0.2, -0.15) is 13.9 Å². The van der Waals surface area contributed by atoms with Gasteiger partial charge in [-0.25, -0.2) is 9.67 Å². The van der Waals surface area contributed by atoms with E-state index in [1.165, 1.54) is 6.20 Å². The number of benzene rings is 2. The van der Waals surface area contributed by atoms with Crippen molar-refractivity contribution in [1.82, 2.24) is 25.1 Å². The van der Waals surface area contributed by atoms with Crippen LogP contribution in [0.2, 0.25) is 0 Å². The first kappa shape index (κ1) is 22.6. The first-order valence-corrected chi connectivity index (χ1v) is 10.1. The summed E-state index contributed by atoms with van der Waals surface area (Å²) in [4.78, 5) is 45.6. The van der Waals surface area contributed by atoms with Crippen LogP contribution < -0.4 is 11.1 Å². The van der Waals surface area contributed by atoms with Gasteiger partial charge in [-0.3, -0.25) is 19.4 Å². The highest BCUT2D eigenvalue weighted by Crippen LogP contribution is 2.24. The number of hydrogen-bond acceptors (Lipinski definition) is 6. The van der Waals surface area contributed by atoms with Crippen LogP contribution in [0.15, 0.2) is 67.0 Å².